The molecule has 1 saturated heterocycles. The van der Waals surface area contributed by atoms with Crippen LogP contribution in [0.1, 0.15) is 22.6 Å². The zero-order valence-electron chi connectivity index (χ0n) is 14.2. The fraction of sp³-hybridized carbons (Fsp3) is 0.400. The van der Waals surface area contributed by atoms with Gasteiger partial charge < -0.3 is 13.9 Å². The zero-order valence-corrected chi connectivity index (χ0v) is 14.2. The van der Waals surface area contributed by atoms with Gasteiger partial charge >= 0.3 is 0 Å². The van der Waals surface area contributed by atoms with Crippen molar-refractivity contribution in [3.63, 3.8) is 0 Å². The fourth-order valence-electron chi connectivity index (χ4n) is 2.84. The number of hydrogen-bond acceptors (Lipinski definition) is 4. The van der Waals surface area contributed by atoms with E-state index in [0.717, 1.165) is 42.5 Å². The second kappa shape index (κ2) is 7.57. The smallest absolute Gasteiger partial charge is 0.120 e. The summed E-state index contributed by atoms with van der Waals surface area (Å²) in [6.45, 7) is 7.83. The van der Waals surface area contributed by atoms with Gasteiger partial charge in [-0.3, -0.25) is 4.90 Å². The molecule has 24 heavy (non-hydrogen) atoms. The molecule has 0 spiro atoms. The van der Waals surface area contributed by atoms with Gasteiger partial charge in [0, 0.05) is 18.7 Å². The average molecular weight is 325 g/mol. The van der Waals surface area contributed by atoms with Gasteiger partial charge in [0.15, 0.2) is 0 Å². The lowest BCUT2D eigenvalue weighted by Crippen LogP contribution is -2.44. The lowest BCUT2D eigenvalue weighted by molar-refractivity contribution is -0.0518. The van der Waals surface area contributed by atoms with E-state index < -0.39 is 0 Å². The highest BCUT2D eigenvalue weighted by atomic mass is 16.5. The topological polar surface area (TPSA) is 34.8 Å². The van der Waals surface area contributed by atoms with Crippen LogP contribution in [-0.2, 0) is 11.3 Å². The van der Waals surface area contributed by atoms with Gasteiger partial charge in [-0.2, -0.15) is 0 Å². The average Bonchev–Trinajstić information content (AvgIpc) is 2.91. The first-order valence-electron chi connectivity index (χ1n) is 8.23. The molecule has 1 unspecified atom stereocenters. The van der Waals surface area contributed by atoms with Crippen molar-refractivity contribution >= 4 is 0 Å². The monoisotopic (exact) mass is 325 g/mol. The minimum absolute atomic E-state index is 0.0467. The molecule has 0 N–H and O–H groups in total. The van der Waals surface area contributed by atoms with Gasteiger partial charge in [0.05, 0.1) is 13.2 Å². The first-order valence-corrected chi connectivity index (χ1v) is 8.23. The van der Waals surface area contributed by atoms with Crippen molar-refractivity contribution in [2.75, 3.05) is 26.3 Å². The van der Waals surface area contributed by atoms with E-state index in [-0.39, 0.29) is 6.10 Å². The molecular weight excluding hydrogens is 302 g/mol. The first kappa shape index (κ1) is 16.6. The number of furan rings is 1. The van der Waals surface area contributed by atoms with Crippen molar-refractivity contribution in [2.24, 2.45) is 0 Å². The second-order valence-electron chi connectivity index (χ2n) is 6.16. The second-order valence-corrected chi connectivity index (χ2v) is 6.16. The van der Waals surface area contributed by atoms with Crippen LogP contribution in [0, 0.1) is 26.2 Å². The van der Waals surface area contributed by atoms with Crippen LogP contribution in [-0.4, -0.2) is 37.3 Å². The maximum atomic E-state index is 5.84. The zero-order chi connectivity index (χ0) is 16.9. The van der Waals surface area contributed by atoms with Crippen molar-refractivity contribution in [3.05, 3.63) is 53.0 Å². The van der Waals surface area contributed by atoms with Gasteiger partial charge in [-0.05, 0) is 43.7 Å². The molecule has 2 heterocycles. The van der Waals surface area contributed by atoms with Crippen molar-refractivity contribution in [1.29, 1.82) is 0 Å². The van der Waals surface area contributed by atoms with Gasteiger partial charge in [-0.1, -0.05) is 12.0 Å². The number of terminal acetylenes is 1. The summed E-state index contributed by atoms with van der Waals surface area (Å²) in [6.07, 6.45) is 5.46. The van der Waals surface area contributed by atoms with Crippen molar-refractivity contribution < 1.29 is 13.9 Å². The Morgan fingerprint density at radius 2 is 2.21 bits per heavy atom. The quantitative estimate of drug-likeness (QED) is 0.791. The molecule has 2 aromatic rings. The fourth-order valence-corrected chi connectivity index (χ4v) is 2.84. The van der Waals surface area contributed by atoms with Crippen LogP contribution in [0.25, 0.3) is 0 Å². The summed E-state index contributed by atoms with van der Waals surface area (Å²) < 4.78 is 17.4. The van der Waals surface area contributed by atoms with Crippen molar-refractivity contribution in [3.8, 4) is 18.1 Å². The predicted molar refractivity (Wildman–Crippen MR) is 93.1 cm³/mol. The van der Waals surface area contributed by atoms with Gasteiger partial charge in [0.25, 0.3) is 0 Å². The Labute approximate surface area is 143 Å². The van der Waals surface area contributed by atoms with Gasteiger partial charge in [0.2, 0.25) is 0 Å². The lowest BCUT2D eigenvalue weighted by Gasteiger charge is -2.32. The first-order chi connectivity index (χ1) is 11.6. The van der Waals surface area contributed by atoms with E-state index in [1.807, 2.05) is 31.2 Å². The van der Waals surface area contributed by atoms with E-state index in [0.29, 0.717) is 13.2 Å². The molecule has 1 aliphatic rings. The Bertz CT molecular complexity index is 709. The Balaban J connectivity index is 1.52. The van der Waals surface area contributed by atoms with E-state index in [1.165, 1.54) is 5.56 Å². The van der Waals surface area contributed by atoms with Crippen LogP contribution in [0.15, 0.2) is 34.7 Å². The molecule has 4 heteroatoms. The maximum absolute atomic E-state index is 5.84. The molecule has 3 rings (SSSR count). The number of rotatable bonds is 5. The van der Waals surface area contributed by atoms with E-state index in [1.54, 1.807) is 0 Å². The Hall–Kier alpha value is -2.22. The highest BCUT2D eigenvalue weighted by molar-refractivity contribution is 5.38. The number of nitrogens with zero attached hydrogens (tertiary/aromatic N) is 1. The molecule has 0 amide bonds. The summed E-state index contributed by atoms with van der Waals surface area (Å²) in [4.78, 5) is 2.34. The number of benzene rings is 1. The normalized spacial score (nSPS) is 18.3. The third-order valence-corrected chi connectivity index (χ3v) is 4.26. The number of morpholine rings is 1. The summed E-state index contributed by atoms with van der Waals surface area (Å²) in [5.41, 5.74) is 2.02. The van der Waals surface area contributed by atoms with Crippen molar-refractivity contribution in [1.82, 2.24) is 4.90 Å². The lowest BCUT2D eigenvalue weighted by atomic mass is 10.2. The van der Waals surface area contributed by atoms with Crippen LogP contribution in [0.2, 0.25) is 0 Å². The minimum atomic E-state index is 0.0467. The molecule has 0 bridgehead atoms. The number of aryl methyl sites for hydroxylation is 2. The highest BCUT2D eigenvalue weighted by Gasteiger charge is 2.22. The Morgan fingerprint density at radius 1 is 1.33 bits per heavy atom. The molecule has 0 aliphatic carbocycles. The molecule has 126 valence electrons. The Kier molecular flexibility index (Phi) is 5.24. The standard InChI is InChI=1S/C20H23NO3/c1-4-17-6-5-7-18(11-17)23-14-20-13-21(8-9-22-20)12-19-10-15(2)16(3)24-19/h1,5-7,10-11,20H,8-9,12-14H2,2-3H3. The molecule has 1 aliphatic heterocycles. The highest BCUT2D eigenvalue weighted by Crippen LogP contribution is 2.18. The van der Waals surface area contributed by atoms with Crippen LogP contribution in [0.3, 0.4) is 0 Å². The van der Waals surface area contributed by atoms with Gasteiger partial charge in [0.1, 0.15) is 30.0 Å². The molecule has 0 saturated carbocycles. The summed E-state index contributed by atoms with van der Waals surface area (Å²) in [7, 11) is 0. The molecule has 1 aromatic heterocycles. The molecule has 0 radical (unpaired) electrons. The Morgan fingerprint density at radius 3 is 2.96 bits per heavy atom. The number of hydrogen-bond donors (Lipinski definition) is 0. The van der Waals surface area contributed by atoms with Crippen molar-refractivity contribution in [2.45, 2.75) is 26.5 Å². The van der Waals surface area contributed by atoms with E-state index in [4.69, 9.17) is 20.3 Å². The van der Waals surface area contributed by atoms with Crippen LogP contribution >= 0.6 is 0 Å². The predicted octanol–water partition coefficient (Wildman–Crippen LogP) is 3.16. The minimum Gasteiger partial charge on any atom is -0.491 e. The molecule has 4 nitrogen and oxygen atoms in total. The van der Waals surface area contributed by atoms with Crippen LogP contribution in [0.5, 0.6) is 5.75 Å². The van der Waals surface area contributed by atoms with E-state index >= 15 is 0 Å². The summed E-state index contributed by atoms with van der Waals surface area (Å²) in [5.74, 6) is 5.40. The molecular formula is C20H23NO3. The van der Waals surface area contributed by atoms with E-state index in [9.17, 15) is 0 Å². The summed E-state index contributed by atoms with van der Waals surface area (Å²) in [5, 5.41) is 0. The van der Waals surface area contributed by atoms with Gasteiger partial charge in [-0.25, -0.2) is 0 Å². The molecule has 1 aromatic carbocycles. The largest absolute Gasteiger partial charge is 0.491 e. The SMILES string of the molecule is C#Cc1cccc(OCC2CN(Cc3cc(C)c(C)o3)CCO2)c1. The third kappa shape index (κ3) is 4.19. The summed E-state index contributed by atoms with van der Waals surface area (Å²) in [6, 6.07) is 9.69. The molecule has 1 atom stereocenters. The van der Waals surface area contributed by atoms with Crippen LogP contribution < -0.4 is 4.74 Å². The molecule has 1 fully saturated rings. The number of ether oxygens (including phenoxy) is 2. The maximum Gasteiger partial charge on any atom is 0.120 e. The third-order valence-electron chi connectivity index (χ3n) is 4.26. The van der Waals surface area contributed by atoms with E-state index in [2.05, 4.69) is 23.8 Å². The van der Waals surface area contributed by atoms with Crippen LogP contribution in [0.4, 0.5) is 0 Å². The van der Waals surface area contributed by atoms with Gasteiger partial charge in [-0.15, -0.1) is 6.42 Å². The summed E-state index contributed by atoms with van der Waals surface area (Å²) >= 11 is 0.